The number of methoxy groups -OCH3 is 1. The van der Waals surface area contributed by atoms with Gasteiger partial charge >= 0.3 is 0 Å². The summed E-state index contributed by atoms with van der Waals surface area (Å²) in [6.07, 6.45) is 4.50. The normalized spacial score (nSPS) is 24.9. The van der Waals surface area contributed by atoms with Gasteiger partial charge in [0.2, 0.25) is 5.91 Å². The fourth-order valence-electron chi connectivity index (χ4n) is 5.95. The van der Waals surface area contributed by atoms with Gasteiger partial charge in [0.1, 0.15) is 0 Å². The zero-order valence-corrected chi connectivity index (χ0v) is 24.0. The van der Waals surface area contributed by atoms with E-state index in [4.69, 9.17) is 9.47 Å². The lowest BCUT2D eigenvalue weighted by Gasteiger charge is -2.45. The van der Waals surface area contributed by atoms with E-state index in [0.717, 1.165) is 62.5 Å². The molecule has 3 fully saturated rings. The second-order valence-electron chi connectivity index (χ2n) is 10.6. The molecular weight excluding hydrogens is 510 g/mol. The number of ether oxygens (including phenoxy) is 2. The van der Waals surface area contributed by atoms with Crippen LogP contribution in [0.25, 0.3) is 6.08 Å². The van der Waals surface area contributed by atoms with Gasteiger partial charge in [-0.15, -0.1) is 11.8 Å². The smallest absolute Gasteiger partial charge is 0.260 e. The monoisotopic (exact) mass is 549 g/mol. The Morgan fingerprint density at radius 2 is 1.82 bits per heavy atom. The standard InChI is InChI=1S/C31H39N3O4S/c1-4-38-26-12-10-23(18-27(26)37-3)19-29-31(36)32(2)25-20-24(11-13-28(25)39-29)30(35)34-16-14-33(15-17-34)21-22-8-6-5-7-9-22/h5-10,12,18-19,24-25,28H,4,11,13-17,20-21H2,1-3H3/b29-19+. The van der Waals surface area contributed by atoms with E-state index in [1.807, 2.05) is 49.2 Å². The average Bonchev–Trinajstić information content (AvgIpc) is 2.97. The van der Waals surface area contributed by atoms with Gasteiger partial charge in [-0.25, -0.2) is 0 Å². The number of thioether (sulfide) groups is 1. The highest BCUT2D eigenvalue weighted by Crippen LogP contribution is 2.44. The van der Waals surface area contributed by atoms with Gasteiger partial charge in [-0.2, -0.15) is 0 Å². The van der Waals surface area contributed by atoms with Crippen LogP contribution >= 0.6 is 11.8 Å². The molecule has 0 spiro atoms. The van der Waals surface area contributed by atoms with Crippen LogP contribution in [0.15, 0.2) is 53.4 Å². The minimum Gasteiger partial charge on any atom is -0.493 e. The molecule has 5 rings (SSSR count). The quantitative estimate of drug-likeness (QED) is 0.474. The zero-order valence-electron chi connectivity index (χ0n) is 23.2. The highest BCUT2D eigenvalue weighted by atomic mass is 32.2. The highest BCUT2D eigenvalue weighted by molar-refractivity contribution is 8.04. The Balaban J connectivity index is 1.18. The molecule has 1 aliphatic carbocycles. The SMILES string of the molecule is CCOc1ccc(/C=C2/SC3CCC(C(=O)N4CCN(Cc5ccccc5)CC4)CC3N(C)C2=O)cc1OC. The molecule has 0 N–H and O–H groups in total. The number of amides is 2. The van der Waals surface area contributed by atoms with Crippen molar-refractivity contribution in [2.24, 2.45) is 5.92 Å². The molecule has 0 radical (unpaired) electrons. The van der Waals surface area contributed by atoms with E-state index in [2.05, 4.69) is 34.1 Å². The van der Waals surface area contributed by atoms with Crippen molar-refractivity contribution in [2.45, 2.75) is 44.0 Å². The summed E-state index contributed by atoms with van der Waals surface area (Å²) in [5, 5.41) is 0.301. The molecule has 3 unspecified atom stereocenters. The van der Waals surface area contributed by atoms with Crippen molar-refractivity contribution in [3.8, 4) is 11.5 Å². The largest absolute Gasteiger partial charge is 0.493 e. The van der Waals surface area contributed by atoms with E-state index < -0.39 is 0 Å². The van der Waals surface area contributed by atoms with E-state index in [9.17, 15) is 9.59 Å². The number of nitrogens with zero attached hydrogens (tertiary/aromatic N) is 3. The molecule has 39 heavy (non-hydrogen) atoms. The minimum atomic E-state index is -0.0105. The van der Waals surface area contributed by atoms with Crippen molar-refractivity contribution in [1.82, 2.24) is 14.7 Å². The summed E-state index contributed by atoms with van der Waals surface area (Å²) < 4.78 is 11.1. The molecule has 3 atom stereocenters. The summed E-state index contributed by atoms with van der Waals surface area (Å²) in [6.45, 7) is 6.79. The van der Waals surface area contributed by atoms with Crippen LogP contribution in [0, 0.1) is 5.92 Å². The Hall–Kier alpha value is -2.97. The first-order chi connectivity index (χ1) is 19.0. The van der Waals surface area contributed by atoms with Crippen molar-refractivity contribution >= 4 is 29.7 Å². The van der Waals surface area contributed by atoms with Crippen molar-refractivity contribution in [3.63, 3.8) is 0 Å². The molecule has 7 nitrogen and oxygen atoms in total. The second kappa shape index (κ2) is 12.5. The van der Waals surface area contributed by atoms with E-state index >= 15 is 0 Å². The molecule has 3 aliphatic rings. The Kier molecular flexibility index (Phi) is 8.82. The molecule has 8 heteroatoms. The molecule has 2 aromatic carbocycles. The summed E-state index contributed by atoms with van der Waals surface area (Å²) in [5.41, 5.74) is 2.22. The predicted octanol–water partition coefficient (Wildman–Crippen LogP) is 4.52. The maximum Gasteiger partial charge on any atom is 0.260 e. The lowest BCUT2D eigenvalue weighted by molar-refractivity contribution is -0.140. The van der Waals surface area contributed by atoms with E-state index in [0.29, 0.717) is 23.4 Å². The molecule has 208 valence electrons. The van der Waals surface area contributed by atoms with E-state index in [1.54, 1.807) is 18.9 Å². The van der Waals surface area contributed by atoms with Gasteiger partial charge < -0.3 is 19.3 Å². The summed E-state index contributed by atoms with van der Waals surface area (Å²) in [6, 6.07) is 16.3. The lowest BCUT2D eigenvalue weighted by Crippen LogP contribution is -2.54. The maximum atomic E-state index is 13.5. The average molecular weight is 550 g/mol. The third kappa shape index (κ3) is 6.28. The fraction of sp³-hybridized carbons (Fsp3) is 0.484. The second-order valence-corrected chi connectivity index (χ2v) is 11.9. The summed E-state index contributed by atoms with van der Waals surface area (Å²) in [5.74, 6) is 1.63. The predicted molar refractivity (Wildman–Crippen MR) is 156 cm³/mol. The van der Waals surface area contributed by atoms with Gasteiger partial charge in [0.25, 0.3) is 5.91 Å². The minimum absolute atomic E-state index is 0.0105. The van der Waals surface area contributed by atoms with Crippen molar-refractivity contribution in [1.29, 1.82) is 0 Å². The van der Waals surface area contributed by atoms with Crippen LogP contribution in [-0.2, 0) is 16.1 Å². The number of benzene rings is 2. The highest BCUT2D eigenvalue weighted by Gasteiger charge is 2.43. The van der Waals surface area contributed by atoms with Crippen LogP contribution in [0.4, 0.5) is 0 Å². The maximum absolute atomic E-state index is 13.5. The van der Waals surface area contributed by atoms with Crippen LogP contribution in [0.2, 0.25) is 0 Å². The number of hydrogen-bond acceptors (Lipinski definition) is 6. The molecule has 0 bridgehead atoms. The Labute approximate surface area is 236 Å². The van der Waals surface area contributed by atoms with Gasteiger partial charge in [-0.3, -0.25) is 14.5 Å². The number of carbonyl (C=O) groups is 2. The van der Waals surface area contributed by atoms with E-state index in [-0.39, 0.29) is 23.8 Å². The summed E-state index contributed by atoms with van der Waals surface area (Å²) in [4.78, 5) is 33.9. The fourth-order valence-corrected chi connectivity index (χ4v) is 7.43. The molecular formula is C31H39N3O4S. The van der Waals surface area contributed by atoms with E-state index in [1.165, 1.54) is 5.56 Å². The summed E-state index contributed by atoms with van der Waals surface area (Å²) >= 11 is 1.67. The topological polar surface area (TPSA) is 62.3 Å². The Bertz CT molecular complexity index is 1200. The number of fused-ring (bicyclic) bond motifs is 1. The summed E-state index contributed by atoms with van der Waals surface area (Å²) in [7, 11) is 3.51. The third-order valence-corrected chi connectivity index (χ3v) is 9.53. The van der Waals surface area contributed by atoms with Crippen LogP contribution in [0.5, 0.6) is 11.5 Å². The number of rotatable bonds is 7. The van der Waals surface area contributed by atoms with Crippen LogP contribution in [0.3, 0.4) is 0 Å². The van der Waals surface area contributed by atoms with Crippen LogP contribution < -0.4 is 9.47 Å². The van der Waals surface area contributed by atoms with Crippen molar-refractivity contribution in [2.75, 3.05) is 46.9 Å². The molecule has 2 aromatic rings. The Morgan fingerprint density at radius 1 is 1.05 bits per heavy atom. The van der Waals surface area contributed by atoms with Gasteiger partial charge in [-0.1, -0.05) is 36.4 Å². The molecule has 2 aliphatic heterocycles. The van der Waals surface area contributed by atoms with Gasteiger partial charge in [0.15, 0.2) is 11.5 Å². The van der Waals surface area contributed by atoms with Gasteiger partial charge in [0.05, 0.1) is 18.6 Å². The first-order valence-corrected chi connectivity index (χ1v) is 14.9. The number of likely N-dealkylation sites (N-methyl/N-ethyl adjacent to an activating group) is 1. The number of piperazine rings is 1. The Morgan fingerprint density at radius 3 is 2.54 bits per heavy atom. The van der Waals surface area contributed by atoms with Crippen molar-refractivity contribution < 1.29 is 19.1 Å². The van der Waals surface area contributed by atoms with Gasteiger partial charge in [0, 0.05) is 57.0 Å². The molecule has 2 saturated heterocycles. The molecule has 1 saturated carbocycles. The molecule has 2 amide bonds. The van der Waals surface area contributed by atoms with Crippen LogP contribution in [0.1, 0.15) is 37.3 Å². The zero-order chi connectivity index (χ0) is 27.4. The van der Waals surface area contributed by atoms with Crippen LogP contribution in [-0.4, -0.2) is 84.7 Å². The first-order valence-electron chi connectivity index (χ1n) is 14.0. The van der Waals surface area contributed by atoms with Gasteiger partial charge in [-0.05, 0) is 55.5 Å². The van der Waals surface area contributed by atoms with Crippen molar-refractivity contribution in [3.05, 3.63) is 64.6 Å². The third-order valence-electron chi connectivity index (χ3n) is 8.13. The number of carbonyl (C=O) groups excluding carboxylic acids is 2. The lowest BCUT2D eigenvalue weighted by atomic mass is 9.83. The molecule has 2 heterocycles. The number of hydrogen-bond donors (Lipinski definition) is 0. The molecule has 0 aromatic heterocycles. The first kappa shape index (κ1) is 27.6.